The van der Waals surface area contributed by atoms with Crippen LogP contribution in [-0.4, -0.2) is 25.8 Å². The quantitative estimate of drug-likeness (QED) is 0.863. The van der Waals surface area contributed by atoms with Crippen LogP contribution in [0.15, 0.2) is 6.33 Å². The number of aryl methyl sites for hydroxylation is 1. The van der Waals surface area contributed by atoms with E-state index in [-0.39, 0.29) is 0 Å². The van der Waals surface area contributed by atoms with Gasteiger partial charge in [0, 0.05) is 13.0 Å². The normalized spacial score (nSPS) is 33.4. The van der Waals surface area contributed by atoms with Crippen LogP contribution in [0.4, 0.5) is 0 Å². The van der Waals surface area contributed by atoms with Gasteiger partial charge in [0.1, 0.15) is 12.2 Å². The van der Waals surface area contributed by atoms with E-state index in [2.05, 4.69) is 17.0 Å². The van der Waals surface area contributed by atoms with Crippen molar-refractivity contribution in [3.63, 3.8) is 0 Å². The van der Waals surface area contributed by atoms with Gasteiger partial charge in [-0.2, -0.15) is 5.10 Å². The zero-order valence-corrected chi connectivity index (χ0v) is 10.7. The second kappa shape index (κ2) is 4.07. The number of hydrogen-bond acceptors (Lipinski definition) is 3. The highest BCUT2D eigenvalue weighted by molar-refractivity contribution is 5.75. The van der Waals surface area contributed by atoms with Gasteiger partial charge in [0.05, 0.1) is 5.41 Å². The Morgan fingerprint density at radius 3 is 2.89 bits per heavy atom. The number of aliphatic carboxylic acids is 1. The minimum Gasteiger partial charge on any atom is -0.481 e. The van der Waals surface area contributed by atoms with Gasteiger partial charge >= 0.3 is 5.97 Å². The molecule has 0 bridgehead atoms. The molecule has 0 aromatic carbocycles. The molecule has 5 nitrogen and oxygen atoms in total. The molecule has 0 amide bonds. The highest BCUT2D eigenvalue weighted by Gasteiger charge is 2.57. The molecule has 2 unspecified atom stereocenters. The summed E-state index contributed by atoms with van der Waals surface area (Å²) in [4.78, 5) is 15.9. The standard InChI is InChI=1S/C13H19N3O2/c1-2-3-16-11(14-8-15-16)7-13(12(17)18)5-9-4-10(9)6-13/h8-10H,2-7H2,1H3,(H,17,18). The first kappa shape index (κ1) is 11.7. The smallest absolute Gasteiger partial charge is 0.310 e. The summed E-state index contributed by atoms with van der Waals surface area (Å²) in [5.74, 6) is 1.49. The van der Waals surface area contributed by atoms with Gasteiger partial charge in [0.15, 0.2) is 0 Å². The summed E-state index contributed by atoms with van der Waals surface area (Å²) in [6.45, 7) is 2.90. The molecule has 18 heavy (non-hydrogen) atoms. The number of fused-ring (bicyclic) bond motifs is 1. The van der Waals surface area contributed by atoms with E-state index in [1.165, 1.54) is 12.7 Å². The van der Waals surface area contributed by atoms with E-state index in [0.717, 1.165) is 31.6 Å². The summed E-state index contributed by atoms with van der Waals surface area (Å²) in [5, 5.41) is 13.7. The van der Waals surface area contributed by atoms with Gasteiger partial charge in [-0.25, -0.2) is 4.98 Å². The van der Waals surface area contributed by atoms with Crippen molar-refractivity contribution in [2.45, 2.75) is 45.6 Å². The second-order valence-electron chi connectivity index (χ2n) is 5.83. The maximum atomic E-state index is 11.6. The van der Waals surface area contributed by atoms with E-state index >= 15 is 0 Å². The molecule has 1 heterocycles. The molecule has 1 aromatic heterocycles. The maximum Gasteiger partial charge on any atom is 0.310 e. The first-order valence-corrected chi connectivity index (χ1v) is 6.75. The summed E-state index contributed by atoms with van der Waals surface area (Å²) in [5.41, 5.74) is -0.577. The van der Waals surface area contributed by atoms with Gasteiger partial charge < -0.3 is 5.11 Å². The fourth-order valence-electron chi connectivity index (χ4n) is 3.42. The molecule has 2 fully saturated rings. The van der Waals surface area contributed by atoms with E-state index < -0.39 is 11.4 Å². The van der Waals surface area contributed by atoms with Gasteiger partial charge in [0.25, 0.3) is 0 Å². The Kier molecular flexibility index (Phi) is 2.64. The summed E-state index contributed by atoms with van der Waals surface area (Å²) in [6.07, 6.45) is 5.95. The van der Waals surface area contributed by atoms with Crippen LogP contribution in [0.1, 0.15) is 38.4 Å². The molecule has 1 aromatic rings. The van der Waals surface area contributed by atoms with Gasteiger partial charge in [-0.05, 0) is 37.5 Å². The van der Waals surface area contributed by atoms with Crippen molar-refractivity contribution >= 4 is 5.97 Å². The number of aromatic nitrogens is 3. The molecule has 2 atom stereocenters. The van der Waals surface area contributed by atoms with Crippen LogP contribution in [0.3, 0.4) is 0 Å². The Morgan fingerprint density at radius 1 is 1.56 bits per heavy atom. The van der Waals surface area contributed by atoms with Gasteiger partial charge in [0.2, 0.25) is 0 Å². The van der Waals surface area contributed by atoms with Crippen LogP contribution in [0.2, 0.25) is 0 Å². The van der Waals surface area contributed by atoms with Gasteiger partial charge in [-0.1, -0.05) is 6.92 Å². The molecular weight excluding hydrogens is 230 g/mol. The van der Waals surface area contributed by atoms with E-state index in [4.69, 9.17) is 0 Å². The predicted molar refractivity (Wildman–Crippen MR) is 64.9 cm³/mol. The van der Waals surface area contributed by atoms with Crippen LogP contribution in [0, 0.1) is 17.3 Å². The molecule has 0 saturated heterocycles. The summed E-state index contributed by atoms with van der Waals surface area (Å²) in [7, 11) is 0. The van der Waals surface area contributed by atoms with Crippen LogP contribution in [-0.2, 0) is 17.8 Å². The molecule has 5 heteroatoms. The molecule has 1 N–H and O–H groups in total. The third-order valence-electron chi connectivity index (χ3n) is 4.46. The first-order valence-electron chi connectivity index (χ1n) is 6.75. The van der Waals surface area contributed by atoms with Crippen LogP contribution < -0.4 is 0 Å². The number of carbonyl (C=O) groups is 1. The molecule has 2 aliphatic rings. The van der Waals surface area contributed by atoms with Crippen molar-refractivity contribution in [1.82, 2.24) is 14.8 Å². The van der Waals surface area contributed by atoms with Crippen molar-refractivity contribution in [3.05, 3.63) is 12.2 Å². The summed E-state index contributed by atoms with van der Waals surface area (Å²) in [6, 6.07) is 0. The highest BCUT2D eigenvalue weighted by Crippen LogP contribution is 2.60. The van der Waals surface area contributed by atoms with E-state index in [0.29, 0.717) is 18.3 Å². The fraction of sp³-hybridized carbons (Fsp3) is 0.769. The molecule has 98 valence electrons. The Balaban J connectivity index is 1.80. The highest BCUT2D eigenvalue weighted by atomic mass is 16.4. The zero-order valence-electron chi connectivity index (χ0n) is 10.7. The van der Waals surface area contributed by atoms with Crippen molar-refractivity contribution in [3.8, 4) is 0 Å². The van der Waals surface area contributed by atoms with E-state index in [1.54, 1.807) is 0 Å². The molecule has 2 saturated carbocycles. The van der Waals surface area contributed by atoms with Gasteiger partial charge in [-0.3, -0.25) is 9.48 Å². The molecular formula is C13H19N3O2. The van der Waals surface area contributed by atoms with Crippen LogP contribution in [0.25, 0.3) is 0 Å². The van der Waals surface area contributed by atoms with Gasteiger partial charge in [-0.15, -0.1) is 0 Å². The Bertz CT molecular complexity index is 459. The topological polar surface area (TPSA) is 68.0 Å². The zero-order chi connectivity index (χ0) is 12.8. The molecule has 2 aliphatic carbocycles. The van der Waals surface area contributed by atoms with Crippen molar-refractivity contribution in [1.29, 1.82) is 0 Å². The minimum absolute atomic E-state index is 0.537. The lowest BCUT2D eigenvalue weighted by Crippen LogP contribution is -2.33. The lowest BCUT2D eigenvalue weighted by molar-refractivity contribution is -0.149. The fourth-order valence-corrected chi connectivity index (χ4v) is 3.42. The van der Waals surface area contributed by atoms with E-state index in [9.17, 15) is 9.90 Å². The lowest BCUT2D eigenvalue weighted by atomic mass is 9.79. The third kappa shape index (κ3) is 1.82. The molecule has 0 radical (unpaired) electrons. The maximum absolute atomic E-state index is 11.6. The lowest BCUT2D eigenvalue weighted by Gasteiger charge is -2.25. The van der Waals surface area contributed by atoms with Crippen molar-refractivity contribution < 1.29 is 9.90 Å². The summed E-state index contributed by atoms with van der Waals surface area (Å²) < 4.78 is 1.86. The number of hydrogen-bond donors (Lipinski definition) is 1. The number of carboxylic acid groups (broad SMARTS) is 1. The first-order chi connectivity index (χ1) is 8.64. The SMILES string of the molecule is CCCn1ncnc1CC1(C(=O)O)CC2CC2C1. The average molecular weight is 249 g/mol. The largest absolute Gasteiger partial charge is 0.481 e. The Morgan fingerprint density at radius 2 is 2.28 bits per heavy atom. The van der Waals surface area contributed by atoms with E-state index in [1.807, 2.05) is 4.68 Å². The van der Waals surface area contributed by atoms with Crippen molar-refractivity contribution in [2.24, 2.45) is 17.3 Å². The molecule has 0 aliphatic heterocycles. The monoisotopic (exact) mass is 249 g/mol. The predicted octanol–water partition coefficient (Wildman–Crippen LogP) is 1.73. The van der Waals surface area contributed by atoms with Crippen molar-refractivity contribution in [2.75, 3.05) is 0 Å². The number of rotatable bonds is 5. The number of nitrogens with zero attached hydrogens (tertiary/aromatic N) is 3. The second-order valence-corrected chi connectivity index (χ2v) is 5.83. The minimum atomic E-state index is -0.652. The third-order valence-corrected chi connectivity index (χ3v) is 4.46. The Hall–Kier alpha value is -1.39. The molecule has 3 rings (SSSR count). The van der Waals surface area contributed by atoms with Crippen LogP contribution >= 0.6 is 0 Å². The molecule has 0 spiro atoms. The summed E-state index contributed by atoms with van der Waals surface area (Å²) >= 11 is 0. The Labute approximate surface area is 106 Å². The average Bonchev–Trinajstić information content (AvgIpc) is 2.74. The van der Waals surface area contributed by atoms with Crippen LogP contribution in [0.5, 0.6) is 0 Å². The number of carboxylic acids is 1.